The van der Waals surface area contributed by atoms with Crippen LogP contribution in [0.2, 0.25) is 0 Å². The molecule has 11 heteroatoms. The van der Waals surface area contributed by atoms with E-state index >= 15 is 0 Å². The van der Waals surface area contributed by atoms with E-state index in [0.717, 1.165) is 0 Å². The molecule has 30 heavy (non-hydrogen) atoms. The minimum absolute atomic E-state index is 0.0346. The molecule has 1 aromatic rings. The molecular weight excluding hydrogens is 430 g/mol. The van der Waals surface area contributed by atoms with Crippen molar-refractivity contribution >= 4 is 25.8 Å². The number of hydrazine groups is 1. The molecule has 9 nitrogen and oxygen atoms in total. The van der Waals surface area contributed by atoms with Crippen molar-refractivity contribution in [1.82, 2.24) is 14.3 Å². The molecule has 0 spiro atoms. The van der Waals surface area contributed by atoms with Crippen molar-refractivity contribution < 1.29 is 26.4 Å². The van der Waals surface area contributed by atoms with Crippen LogP contribution >= 0.6 is 0 Å². The molecule has 168 valence electrons. The van der Waals surface area contributed by atoms with Crippen molar-refractivity contribution in [1.29, 1.82) is 0 Å². The van der Waals surface area contributed by atoms with Crippen LogP contribution in [-0.4, -0.2) is 94.0 Å². The first-order valence-electron chi connectivity index (χ1n) is 9.87. The number of nitrogens with zero attached hydrogens (tertiary/aromatic N) is 3. The van der Waals surface area contributed by atoms with E-state index in [-0.39, 0.29) is 47.3 Å². The highest BCUT2D eigenvalue weighted by molar-refractivity contribution is 7.91. The lowest BCUT2D eigenvalue weighted by molar-refractivity contribution is -0.0440. The highest BCUT2D eigenvalue weighted by Gasteiger charge is 2.37. The number of sulfonamides is 1. The average Bonchev–Trinajstić information content (AvgIpc) is 3.00. The Labute approximate surface area is 178 Å². The number of rotatable bonds is 5. The van der Waals surface area contributed by atoms with Crippen molar-refractivity contribution in [2.45, 2.75) is 43.4 Å². The summed E-state index contributed by atoms with van der Waals surface area (Å²) in [4.78, 5) is 13.2. The maximum Gasteiger partial charge on any atom is 0.268 e. The third kappa shape index (κ3) is 4.86. The fourth-order valence-electron chi connectivity index (χ4n) is 4.04. The average molecular weight is 460 g/mol. The zero-order valence-corrected chi connectivity index (χ0v) is 19.3. The lowest BCUT2D eigenvalue weighted by Gasteiger charge is -2.35. The van der Waals surface area contributed by atoms with E-state index in [1.807, 2.05) is 13.8 Å². The summed E-state index contributed by atoms with van der Waals surface area (Å²) in [5, 5.41) is 2.95. The lowest BCUT2D eigenvalue weighted by Crippen LogP contribution is -2.49. The van der Waals surface area contributed by atoms with Gasteiger partial charge in [0.2, 0.25) is 10.0 Å². The smallest absolute Gasteiger partial charge is 0.268 e. The minimum atomic E-state index is -3.79. The molecule has 0 saturated carbocycles. The van der Waals surface area contributed by atoms with Crippen molar-refractivity contribution in [2.75, 3.05) is 38.7 Å². The van der Waals surface area contributed by atoms with Gasteiger partial charge >= 0.3 is 0 Å². The summed E-state index contributed by atoms with van der Waals surface area (Å²) in [7, 11) is -3.64. The van der Waals surface area contributed by atoms with Gasteiger partial charge in [-0.3, -0.25) is 9.80 Å². The molecule has 3 rings (SSSR count). The van der Waals surface area contributed by atoms with Crippen LogP contribution in [0.3, 0.4) is 0 Å². The van der Waals surface area contributed by atoms with Gasteiger partial charge in [0.05, 0.1) is 34.7 Å². The number of carbonyl (C=O) groups is 1. The molecule has 1 amide bonds. The van der Waals surface area contributed by atoms with Crippen LogP contribution in [0.4, 0.5) is 0 Å². The number of hydrogen-bond donors (Lipinski definition) is 0. The van der Waals surface area contributed by atoms with Crippen molar-refractivity contribution in [3.05, 3.63) is 29.8 Å². The summed E-state index contributed by atoms with van der Waals surface area (Å²) in [6.07, 6.45) is -0.0860. The second kappa shape index (κ2) is 8.54. The van der Waals surface area contributed by atoms with Gasteiger partial charge in [0, 0.05) is 32.7 Å². The van der Waals surface area contributed by atoms with Gasteiger partial charge in [-0.25, -0.2) is 21.8 Å². The van der Waals surface area contributed by atoms with E-state index in [4.69, 9.17) is 4.74 Å². The maximum absolute atomic E-state index is 13.2. The van der Waals surface area contributed by atoms with Crippen LogP contribution in [0.15, 0.2) is 29.2 Å². The predicted octanol–water partition coefficient (Wildman–Crippen LogP) is 0.590. The van der Waals surface area contributed by atoms with Crippen LogP contribution in [0.5, 0.6) is 0 Å². The van der Waals surface area contributed by atoms with Gasteiger partial charge in [0.1, 0.15) is 0 Å². The third-order valence-corrected chi connectivity index (χ3v) is 8.88. The van der Waals surface area contributed by atoms with Crippen molar-refractivity contribution in [3.63, 3.8) is 0 Å². The topological polar surface area (TPSA) is 104 Å². The SMILES string of the molecule is CC1CN(S(=O)(=O)c2cccc(C(=O)N(C3CCS(=O)(=O)C3)N(C)C)c2)CC(C)O1. The molecule has 3 unspecified atom stereocenters. The molecule has 3 atom stereocenters. The van der Waals surface area contributed by atoms with Gasteiger partial charge in [0.15, 0.2) is 9.84 Å². The summed E-state index contributed by atoms with van der Waals surface area (Å²) in [6.45, 7) is 4.13. The quantitative estimate of drug-likeness (QED) is 0.594. The van der Waals surface area contributed by atoms with Gasteiger partial charge in [-0.2, -0.15) is 4.31 Å². The Morgan fingerprint density at radius 2 is 1.80 bits per heavy atom. The first kappa shape index (κ1) is 23.1. The molecular formula is C19H29N3O6S2. The monoisotopic (exact) mass is 459 g/mol. The first-order chi connectivity index (χ1) is 13.9. The van der Waals surface area contributed by atoms with Gasteiger partial charge in [-0.15, -0.1) is 0 Å². The first-order valence-corrected chi connectivity index (χ1v) is 13.1. The van der Waals surface area contributed by atoms with Crippen LogP contribution in [0, 0.1) is 0 Å². The molecule has 0 radical (unpaired) electrons. The van der Waals surface area contributed by atoms with Crippen LogP contribution < -0.4 is 0 Å². The molecule has 2 saturated heterocycles. The van der Waals surface area contributed by atoms with Gasteiger partial charge in [-0.05, 0) is 38.5 Å². The molecule has 1 aromatic carbocycles. The molecule has 2 fully saturated rings. The summed E-state index contributed by atoms with van der Waals surface area (Å²) >= 11 is 0. The van der Waals surface area contributed by atoms with Crippen LogP contribution in [0.1, 0.15) is 30.6 Å². The van der Waals surface area contributed by atoms with Gasteiger partial charge in [0.25, 0.3) is 5.91 Å². The molecule has 0 aliphatic carbocycles. The summed E-state index contributed by atoms with van der Waals surface area (Å²) < 4.78 is 57.1. The van der Waals surface area contributed by atoms with Crippen molar-refractivity contribution in [2.24, 2.45) is 0 Å². The second-order valence-electron chi connectivity index (χ2n) is 8.16. The normalized spacial score (nSPS) is 27.3. The Hall–Kier alpha value is -1.53. The van der Waals surface area contributed by atoms with E-state index < -0.39 is 31.8 Å². The van der Waals surface area contributed by atoms with E-state index in [9.17, 15) is 21.6 Å². The fourth-order valence-corrected chi connectivity index (χ4v) is 7.37. The summed E-state index contributed by atoms with van der Waals surface area (Å²) in [6, 6.07) is 5.44. The Morgan fingerprint density at radius 1 is 1.17 bits per heavy atom. The molecule has 2 aliphatic heterocycles. The number of sulfone groups is 1. The Morgan fingerprint density at radius 3 is 2.33 bits per heavy atom. The maximum atomic E-state index is 13.2. The Kier molecular flexibility index (Phi) is 6.59. The van der Waals surface area contributed by atoms with Crippen molar-refractivity contribution in [3.8, 4) is 0 Å². The number of carbonyl (C=O) groups excluding carboxylic acids is 1. The largest absolute Gasteiger partial charge is 0.373 e. The Balaban J connectivity index is 1.89. The van der Waals surface area contributed by atoms with Gasteiger partial charge in [-0.1, -0.05) is 6.07 Å². The Bertz CT molecular complexity index is 999. The number of ether oxygens (including phenoxy) is 1. The zero-order valence-electron chi connectivity index (χ0n) is 17.7. The van der Waals surface area contributed by atoms with Crippen LogP contribution in [0.25, 0.3) is 0 Å². The molecule has 0 bridgehead atoms. The van der Waals surface area contributed by atoms with E-state index in [0.29, 0.717) is 6.42 Å². The molecule has 2 aliphatic rings. The standard InChI is InChI=1S/C19H29N3O6S2/c1-14-11-21(12-15(2)28-14)30(26,27)18-7-5-6-16(10-18)19(23)22(20(3)4)17-8-9-29(24,25)13-17/h5-7,10,14-15,17H,8-9,11-13H2,1-4H3. The minimum Gasteiger partial charge on any atom is -0.373 e. The summed E-state index contributed by atoms with van der Waals surface area (Å²) in [5.41, 5.74) is 0.198. The molecule has 0 N–H and O–H groups in total. The number of benzene rings is 1. The van der Waals surface area contributed by atoms with E-state index in [1.54, 1.807) is 25.2 Å². The van der Waals surface area contributed by atoms with E-state index in [1.165, 1.54) is 27.5 Å². The number of hydrogen-bond acceptors (Lipinski definition) is 7. The lowest BCUT2D eigenvalue weighted by atomic mass is 10.1. The zero-order chi connectivity index (χ0) is 22.3. The predicted molar refractivity (Wildman–Crippen MR) is 112 cm³/mol. The molecule has 0 aromatic heterocycles. The number of morpholine rings is 1. The number of amides is 1. The van der Waals surface area contributed by atoms with Crippen LogP contribution in [-0.2, 0) is 24.6 Å². The fraction of sp³-hybridized carbons (Fsp3) is 0.632. The third-order valence-electron chi connectivity index (χ3n) is 5.30. The molecule has 2 heterocycles. The van der Waals surface area contributed by atoms with Gasteiger partial charge < -0.3 is 4.74 Å². The van der Waals surface area contributed by atoms with E-state index in [2.05, 4.69) is 0 Å². The second-order valence-corrected chi connectivity index (χ2v) is 12.3. The summed E-state index contributed by atoms with van der Waals surface area (Å²) in [5.74, 6) is -0.488. The highest BCUT2D eigenvalue weighted by Crippen LogP contribution is 2.24. The highest BCUT2D eigenvalue weighted by atomic mass is 32.2.